The summed E-state index contributed by atoms with van der Waals surface area (Å²) >= 11 is 0. The van der Waals surface area contributed by atoms with Gasteiger partial charge in [0, 0.05) is 18.8 Å². The zero-order valence-corrected chi connectivity index (χ0v) is 34.8. The third-order valence-corrected chi connectivity index (χ3v) is 13.7. The Morgan fingerprint density at radius 3 is 1.61 bits per heavy atom. The van der Waals surface area contributed by atoms with Crippen molar-refractivity contribution in [3.8, 4) is 0 Å². The summed E-state index contributed by atoms with van der Waals surface area (Å²) in [4.78, 5) is 47.8. The van der Waals surface area contributed by atoms with E-state index in [0.717, 1.165) is 45.4 Å². The smallest absolute Gasteiger partial charge is 0.417 e. The zero-order valence-electron chi connectivity index (χ0n) is 34.8. The molecule has 0 aromatic rings. The van der Waals surface area contributed by atoms with Gasteiger partial charge in [-0.15, -0.1) is 0 Å². The number of hydrogen-bond donors (Lipinski definition) is 1. The number of aliphatic hydroxyl groups is 1. The van der Waals surface area contributed by atoms with Crippen LogP contribution in [0.3, 0.4) is 0 Å². The number of alkyl halides is 3. The summed E-state index contributed by atoms with van der Waals surface area (Å²) in [6.07, 6.45) is 6.03. The van der Waals surface area contributed by atoms with Gasteiger partial charge in [0.2, 0.25) is 0 Å². The standard InChI is InChI=1S/C15H25F3O3.C14H20O4.C13H24O2.2CH4/c1-5-13(2,3)12(19)21-11-8-6-10(7-9-11)14(4,20)15(16,17)18;1-4-13(2,3)12(16)18-14-5-8-9(6-14)11(15)17-10(8)7-14;1-5-12(3,4)11(14)15-13(6-2)9-7-8-10-13;;/h10-11,20H,5-9H2,1-4H3;8-10H,4-7H2,1-3H3;5-10H2,1-4H3;2*1H4. The second-order valence-electron chi connectivity index (χ2n) is 18.8. The van der Waals surface area contributed by atoms with Crippen LogP contribution in [0.25, 0.3) is 0 Å². The molecule has 1 saturated heterocycles. The molecule has 1 aliphatic heterocycles. The molecule has 5 fully saturated rings. The molecule has 0 radical (unpaired) electrons. The Hall–Kier alpha value is -2.37. The Labute approximate surface area is 336 Å². The topological polar surface area (TPSA) is 125 Å². The fourth-order valence-electron chi connectivity index (χ4n) is 7.97. The summed E-state index contributed by atoms with van der Waals surface area (Å²) in [6.45, 7) is 20.2. The van der Waals surface area contributed by atoms with E-state index in [0.29, 0.717) is 32.1 Å². The molecule has 5 unspecified atom stereocenters. The van der Waals surface area contributed by atoms with Crippen LogP contribution in [0.4, 0.5) is 13.2 Å². The third-order valence-electron chi connectivity index (χ3n) is 13.7. The molecule has 1 N–H and O–H groups in total. The average molecular weight is 807 g/mol. The van der Waals surface area contributed by atoms with Crippen LogP contribution < -0.4 is 0 Å². The highest BCUT2D eigenvalue weighted by atomic mass is 19.4. The van der Waals surface area contributed by atoms with E-state index in [1.165, 1.54) is 12.8 Å². The van der Waals surface area contributed by atoms with Gasteiger partial charge >= 0.3 is 30.1 Å². The van der Waals surface area contributed by atoms with Gasteiger partial charge in [0.25, 0.3) is 0 Å². The van der Waals surface area contributed by atoms with E-state index < -0.39 is 34.1 Å². The summed E-state index contributed by atoms with van der Waals surface area (Å²) in [5.74, 6) is -1.14. The van der Waals surface area contributed by atoms with E-state index in [4.69, 9.17) is 18.9 Å². The Bertz CT molecular complexity index is 1320. The van der Waals surface area contributed by atoms with Crippen molar-refractivity contribution < 1.29 is 56.4 Å². The molecule has 1 heterocycles. The van der Waals surface area contributed by atoms with Gasteiger partial charge in [0.05, 0.1) is 22.2 Å². The van der Waals surface area contributed by atoms with Gasteiger partial charge in [-0.1, -0.05) is 42.5 Å². The second kappa shape index (κ2) is 19.1. The van der Waals surface area contributed by atoms with Gasteiger partial charge in [0.15, 0.2) is 5.60 Å². The van der Waals surface area contributed by atoms with E-state index in [1.807, 2.05) is 48.5 Å². The fraction of sp³-hybridized carbons (Fsp3) is 0.909. The number of carbonyl (C=O) groups is 4. The maximum atomic E-state index is 12.8. The minimum absolute atomic E-state index is 0. The molecule has 4 aliphatic carbocycles. The van der Waals surface area contributed by atoms with E-state index in [9.17, 15) is 37.5 Å². The van der Waals surface area contributed by atoms with Crippen molar-refractivity contribution in [2.75, 3.05) is 0 Å². The molecule has 2 bridgehead atoms. The molecule has 328 valence electrons. The molecule has 0 aromatic carbocycles. The SMILES string of the molecule is C.C.CCC(C)(C)C(=O)OC12CC3OC(=O)C(C1)C3C2.CCC(C)(C)C(=O)OC1CCC(C(C)(O)C(F)(F)F)CC1.CCC1(OC(=O)C(C)(C)CC)CCCC1. The van der Waals surface area contributed by atoms with Crippen molar-refractivity contribution in [2.45, 2.75) is 223 Å². The third kappa shape index (κ3) is 11.6. The van der Waals surface area contributed by atoms with Crippen LogP contribution in [0, 0.1) is 34.0 Å². The first-order valence-electron chi connectivity index (χ1n) is 20.4. The molecular formula is C44H77F3O9. The summed E-state index contributed by atoms with van der Waals surface area (Å²) in [7, 11) is 0. The Morgan fingerprint density at radius 2 is 1.20 bits per heavy atom. The molecule has 5 aliphatic rings. The minimum atomic E-state index is -4.63. The number of fused-ring (bicyclic) bond motifs is 1. The van der Waals surface area contributed by atoms with Crippen molar-refractivity contribution in [3.05, 3.63) is 0 Å². The molecule has 56 heavy (non-hydrogen) atoms. The monoisotopic (exact) mass is 807 g/mol. The lowest BCUT2D eigenvalue weighted by Crippen LogP contribution is -2.50. The van der Waals surface area contributed by atoms with E-state index in [1.54, 1.807) is 13.8 Å². The van der Waals surface area contributed by atoms with Gasteiger partial charge in [0.1, 0.15) is 23.4 Å². The van der Waals surface area contributed by atoms with Gasteiger partial charge in [-0.3, -0.25) is 19.2 Å². The second-order valence-corrected chi connectivity index (χ2v) is 18.8. The normalized spacial score (nSPS) is 28.8. The number of hydrogen-bond acceptors (Lipinski definition) is 9. The van der Waals surface area contributed by atoms with Crippen LogP contribution in [0.15, 0.2) is 0 Å². The number of ether oxygens (including phenoxy) is 4. The van der Waals surface area contributed by atoms with Crippen molar-refractivity contribution in [1.82, 2.24) is 0 Å². The van der Waals surface area contributed by atoms with Crippen molar-refractivity contribution in [1.29, 1.82) is 0 Å². The van der Waals surface area contributed by atoms with E-state index >= 15 is 0 Å². The highest BCUT2D eigenvalue weighted by Gasteiger charge is 2.66. The van der Waals surface area contributed by atoms with Crippen LogP contribution >= 0.6 is 0 Å². The first-order valence-corrected chi connectivity index (χ1v) is 20.4. The summed E-state index contributed by atoms with van der Waals surface area (Å²) < 4.78 is 60.7. The van der Waals surface area contributed by atoms with Crippen molar-refractivity contribution in [3.63, 3.8) is 0 Å². The molecule has 0 aromatic heterocycles. The maximum Gasteiger partial charge on any atom is 0.417 e. The maximum absolute atomic E-state index is 12.8. The quantitative estimate of drug-likeness (QED) is 0.160. The summed E-state index contributed by atoms with van der Waals surface area (Å²) in [5, 5.41) is 9.68. The highest BCUT2D eigenvalue weighted by molar-refractivity contribution is 5.79. The molecule has 0 amide bonds. The number of esters is 4. The van der Waals surface area contributed by atoms with Gasteiger partial charge < -0.3 is 24.1 Å². The van der Waals surface area contributed by atoms with Crippen LogP contribution in [-0.4, -0.2) is 64.2 Å². The lowest BCUT2D eigenvalue weighted by molar-refractivity contribution is -0.276. The van der Waals surface area contributed by atoms with Crippen LogP contribution in [0.2, 0.25) is 0 Å². The Morgan fingerprint density at radius 1 is 0.732 bits per heavy atom. The molecular weight excluding hydrogens is 729 g/mol. The number of halogens is 3. The van der Waals surface area contributed by atoms with Crippen LogP contribution in [0.5, 0.6) is 0 Å². The fourth-order valence-corrected chi connectivity index (χ4v) is 7.97. The number of carbonyl (C=O) groups excluding carboxylic acids is 4. The van der Waals surface area contributed by atoms with Gasteiger partial charge in [-0.05, 0) is 138 Å². The Kier molecular flexibility index (Phi) is 17.6. The van der Waals surface area contributed by atoms with Gasteiger partial charge in [-0.25, -0.2) is 0 Å². The van der Waals surface area contributed by atoms with E-state index in [2.05, 4.69) is 6.92 Å². The van der Waals surface area contributed by atoms with Gasteiger partial charge in [-0.2, -0.15) is 13.2 Å². The molecule has 9 nitrogen and oxygen atoms in total. The summed E-state index contributed by atoms with van der Waals surface area (Å²) in [5.41, 5.74) is -4.58. The minimum Gasteiger partial charge on any atom is -0.462 e. The zero-order chi connectivity index (χ0) is 41.1. The van der Waals surface area contributed by atoms with Crippen molar-refractivity contribution in [2.24, 2.45) is 34.0 Å². The molecule has 5 rings (SSSR count). The van der Waals surface area contributed by atoms with Crippen LogP contribution in [0.1, 0.15) is 187 Å². The molecule has 12 heteroatoms. The number of rotatable bonds is 11. The van der Waals surface area contributed by atoms with E-state index in [-0.39, 0.29) is 86.6 Å². The highest BCUT2D eigenvalue weighted by Crippen LogP contribution is 2.58. The Balaban J connectivity index is 0.000000418. The molecule has 0 spiro atoms. The lowest BCUT2D eigenvalue weighted by Gasteiger charge is -2.39. The average Bonchev–Trinajstić information content (AvgIpc) is 3.85. The van der Waals surface area contributed by atoms with Crippen molar-refractivity contribution >= 4 is 23.9 Å². The molecule has 5 atom stereocenters. The molecule has 4 saturated carbocycles. The predicted molar refractivity (Wildman–Crippen MR) is 211 cm³/mol. The van der Waals surface area contributed by atoms with Crippen LogP contribution in [-0.2, 0) is 38.1 Å². The largest absolute Gasteiger partial charge is 0.462 e. The summed E-state index contributed by atoms with van der Waals surface area (Å²) in [6, 6.07) is 0. The predicted octanol–water partition coefficient (Wildman–Crippen LogP) is 10.9. The lowest BCUT2D eigenvalue weighted by atomic mass is 9.76. The first kappa shape index (κ1) is 51.6. The first-order chi connectivity index (χ1) is 24.7.